The Balaban J connectivity index is 2.18. The molecule has 0 unspecified atom stereocenters. The van der Waals surface area contributed by atoms with Gasteiger partial charge in [-0.05, 0) is 46.7 Å². The highest BCUT2D eigenvalue weighted by atomic mass is 16.6. The van der Waals surface area contributed by atoms with Crippen LogP contribution in [0.25, 0.3) is 21.9 Å². The van der Waals surface area contributed by atoms with Crippen molar-refractivity contribution in [3.8, 4) is 39.9 Å². The summed E-state index contributed by atoms with van der Waals surface area (Å²) in [5.74, 6) is 0.802. The molecule has 0 spiro atoms. The van der Waals surface area contributed by atoms with Gasteiger partial charge in [-0.15, -0.1) is 0 Å². The molecular formula is C25H24O9. The quantitative estimate of drug-likeness (QED) is 0.499. The van der Waals surface area contributed by atoms with E-state index in [-0.39, 0.29) is 11.1 Å². The SMILES string of the molecule is COC(=O)c1cc2cc3c(cc2c(-c2cc(OC)c(OC)c(OC)c2)c1C(=O)OC)OCCO3. The molecule has 1 aliphatic rings. The van der Waals surface area contributed by atoms with E-state index in [1.165, 1.54) is 35.5 Å². The van der Waals surface area contributed by atoms with Gasteiger partial charge in [0, 0.05) is 5.56 Å². The number of rotatable bonds is 6. The Morgan fingerprint density at radius 1 is 0.735 bits per heavy atom. The highest BCUT2D eigenvalue weighted by Crippen LogP contribution is 2.46. The topological polar surface area (TPSA) is 98.8 Å². The van der Waals surface area contributed by atoms with Gasteiger partial charge in [0.25, 0.3) is 0 Å². The molecule has 3 aromatic rings. The van der Waals surface area contributed by atoms with Gasteiger partial charge in [0.05, 0.1) is 46.7 Å². The van der Waals surface area contributed by atoms with Crippen molar-refractivity contribution in [2.24, 2.45) is 0 Å². The van der Waals surface area contributed by atoms with E-state index in [1.54, 1.807) is 30.3 Å². The maximum absolute atomic E-state index is 13.0. The number of fused-ring (bicyclic) bond motifs is 2. The molecule has 1 heterocycles. The van der Waals surface area contributed by atoms with Crippen LogP contribution < -0.4 is 23.7 Å². The van der Waals surface area contributed by atoms with Crippen molar-refractivity contribution < 1.29 is 42.7 Å². The van der Waals surface area contributed by atoms with Crippen molar-refractivity contribution >= 4 is 22.7 Å². The number of hydrogen-bond acceptors (Lipinski definition) is 9. The Kier molecular flexibility index (Phi) is 6.36. The molecule has 9 nitrogen and oxygen atoms in total. The third-order valence-corrected chi connectivity index (χ3v) is 5.55. The molecule has 3 aromatic carbocycles. The molecule has 1 aliphatic heterocycles. The zero-order valence-corrected chi connectivity index (χ0v) is 19.5. The molecule has 0 amide bonds. The van der Waals surface area contributed by atoms with Gasteiger partial charge in [0.2, 0.25) is 5.75 Å². The first-order chi connectivity index (χ1) is 16.5. The number of carbonyl (C=O) groups excluding carboxylic acids is 2. The van der Waals surface area contributed by atoms with Crippen LogP contribution in [-0.4, -0.2) is 60.7 Å². The number of benzene rings is 3. The van der Waals surface area contributed by atoms with E-state index in [0.29, 0.717) is 63.9 Å². The van der Waals surface area contributed by atoms with Crippen molar-refractivity contribution in [1.29, 1.82) is 0 Å². The van der Waals surface area contributed by atoms with E-state index in [9.17, 15) is 9.59 Å². The number of methoxy groups -OCH3 is 5. The molecule has 0 saturated heterocycles. The molecule has 178 valence electrons. The second kappa shape index (κ2) is 9.38. The third-order valence-electron chi connectivity index (χ3n) is 5.55. The normalized spacial score (nSPS) is 12.1. The largest absolute Gasteiger partial charge is 0.493 e. The fraction of sp³-hybridized carbons (Fsp3) is 0.280. The molecule has 4 rings (SSSR count). The van der Waals surface area contributed by atoms with E-state index < -0.39 is 11.9 Å². The van der Waals surface area contributed by atoms with E-state index in [2.05, 4.69) is 0 Å². The second-order valence-corrected chi connectivity index (χ2v) is 7.29. The minimum atomic E-state index is -0.707. The van der Waals surface area contributed by atoms with Crippen LogP contribution in [0.3, 0.4) is 0 Å². The Hall–Kier alpha value is -4.14. The first-order valence-corrected chi connectivity index (χ1v) is 10.3. The van der Waals surface area contributed by atoms with Gasteiger partial charge in [-0.2, -0.15) is 0 Å². The van der Waals surface area contributed by atoms with Crippen LogP contribution in [0.1, 0.15) is 20.7 Å². The lowest BCUT2D eigenvalue weighted by molar-refractivity contribution is 0.0556. The molecule has 0 atom stereocenters. The number of hydrogen-bond donors (Lipinski definition) is 0. The van der Waals surface area contributed by atoms with Gasteiger partial charge in [-0.1, -0.05) is 0 Å². The summed E-state index contributed by atoms with van der Waals surface area (Å²) in [6.07, 6.45) is 0. The van der Waals surface area contributed by atoms with Gasteiger partial charge in [0.15, 0.2) is 23.0 Å². The molecular weight excluding hydrogens is 444 g/mol. The van der Waals surface area contributed by atoms with Crippen molar-refractivity contribution in [3.63, 3.8) is 0 Å². The van der Waals surface area contributed by atoms with Crippen molar-refractivity contribution in [1.82, 2.24) is 0 Å². The lowest BCUT2D eigenvalue weighted by atomic mass is 9.88. The van der Waals surface area contributed by atoms with Gasteiger partial charge < -0.3 is 33.2 Å². The lowest BCUT2D eigenvalue weighted by Gasteiger charge is -2.22. The standard InChI is InChI=1S/C25H24O9/c1-28-19-10-14(11-20(29-2)23(19)30-3)21-15-12-18-17(33-6-7-34-18)9-13(15)8-16(24(26)31-4)22(21)25(27)32-5/h8-12H,6-7H2,1-5H3. The molecule has 0 radical (unpaired) electrons. The third kappa shape index (κ3) is 3.79. The van der Waals surface area contributed by atoms with Crippen molar-refractivity contribution in [2.45, 2.75) is 0 Å². The highest BCUT2D eigenvalue weighted by Gasteiger charge is 2.28. The number of carbonyl (C=O) groups is 2. The van der Waals surface area contributed by atoms with Crippen LogP contribution in [0.4, 0.5) is 0 Å². The zero-order valence-electron chi connectivity index (χ0n) is 19.5. The van der Waals surface area contributed by atoms with Crippen molar-refractivity contribution in [2.75, 3.05) is 48.8 Å². The van der Waals surface area contributed by atoms with E-state index in [0.717, 1.165) is 0 Å². The summed E-state index contributed by atoms with van der Waals surface area (Å²) in [6.45, 7) is 0.796. The Bertz CT molecular complexity index is 1250. The number of ether oxygens (including phenoxy) is 7. The van der Waals surface area contributed by atoms with Crippen LogP contribution >= 0.6 is 0 Å². The summed E-state index contributed by atoms with van der Waals surface area (Å²) in [5.41, 5.74) is 1.03. The molecule has 0 N–H and O–H groups in total. The fourth-order valence-electron chi connectivity index (χ4n) is 4.05. The van der Waals surface area contributed by atoms with Gasteiger partial charge >= 0.3 is 11.9 Å². The van der Waals surface area contributed by atoms with Crippen LogP contribution in [0.5, 0.6) is 28.7 Å². The van der Waals surface area contributed by atoms with Crippen LogP contribution in [0.15, 0.2) is 30.3 Å². The summed E-state index contributed by atoms with van der Waals surface area (Å²) < 4.78 is 38.0. The van der Waals surface area contributed by atoms with Crippen LogP contribution in [-0.2, 0) is 9.47 Å². The van der Waals surface area contributed by atoms with Crippen LogP contribution in [0, 0.1) is 0 Å². The maximum Gasteiger partial charge on any atom is 0.339 e. The van der Waals surface area contributed by atoms with Crippen molar-refractivity contribution in [3.05, 3.63) is 41.5 Å². The maximum atomic E-state index is 13.0. The van der Waals surface area contributed by atoms with E-state index >= 15 is 0 Å². The molecule has 0 aliphatic carbocycles. The van der Waals surface area contributed by atoms with E-state index in [1.807, 2.05) is 0 Å². The second-order valence-electron chi connectivity index (χ2n) is 7.29. The molecule has 0 aromatic heterocycles. The Morgan fingerprint density at radius 3 is 1.85 bits per heavy atom. The summed E-state index contributed by atoms with van der Waals surface area (Å²) >= 11 is 0. The first kappa shape index (κ1) is 23.0. The summed E-state index contributed by atoms with van der Waals surface area (Å²) in [4.78, 5) is 25.8. The first-order valence-electron chi connectivity index (χ1n) is 10.3. The van der Waals surface area contributed by atoms with Gasteiger partial charge in [0.1, 0.15) is 13.2 Å². The average Bonchev–Trinajstić information content (AvgIpc) is 2.88. The predicted octanol–water partition coefficient (Wildman–Crippen LogP) is 3.88. The molecule has 0 bridgehead atoms. The Labute approximate surface area is 196 Å². The monoisotopic (exact) mass is 468 g/mol. The molecule has 0 fully saturated rings. The lowest BCUT2D eigenvalue weighted by Crippen LogP contribution is -2.16. The van der Waals surface area contributed by atoms with Gasteiger partial charge in [-0.25, -0.2) is 9.59 Å². The molecule has 34 heavy (non-hydrogen) atoms. The molecule has 9 heteroatoms. The minimum Gasteiger partial charge on any atom is -0.493 e. The predicted molar refractivity (Wildman–Crippen MR) is 123 cm³/mol. The fourth-order valence-corrected chi connectivity index (χ4v) is 4.05. The average molecular weight is 468 g/mol. The zero-order chi connectivity index (χ0) is 24.4. The summed E-state index contributed by atoms with van der Waals surface area (Å²) in [7, 11) is 6.98. The molecule has 0 saturated carbocycles. The van der Waals surface area contributed by atoms with Gasteiger partial charge in [-0.3, -0.25) is 0 Å². The summed E-state index contributed by atoms with van der Waals surface area (Å²) in [6, 6.07) is 8.50. The number of esters is 2. The minimum absolute atomic E-state index is 0.0350. The van der Waals surface area contributed by atoms with E-state index in [4.69, 9.17) is 33.2 Å². The summed E-state index contributed by atoms with van der Waals surface area (Å²) in [5, 5.41) is 1.27. The van der Waals surface area contributed by atoms with Crippen LogP contribution in [0.2, 0.25) is 0 Å². The smallest absolute Gasteiger partial charge is 0.339 e. The Morgan fingerprint density at radius 2 is 1.32 bits per heavy atom. The highest BCUT2D eigenvalue weighted by molar-refractivity contribution is 6.16.